The molecule has 3 rings (SSSR count). The molecule has 0 bridgehead atoms. The average molecular weight is 335 g/mol. The third kappa shape index (κ3) is 4.07. The maximum atomic E-state index is 12.7. The predicted octanol–water partition coefficient (Wildman–Crippen LogP) is 3.16. The van der Waals surface area contributed by atoms with Gasteiger partial charge in [0.25, 0.3) is 0 Å². The third-order valence-corrected chi connectivity index (χ3v) is 4.08. The molecule has 0 aliphatic heterocycles. The highest BCUT2D eigenvalue weighted by Crippen LogP contribution is 2.19. The van der Waals surface area contributed by atoms with Crippen molar-refractivity contribution in [3.05, 3.63) is 65.9 Å². The van der Waals surface area contributed by atoms with Gasteiger partial charge in [0.15, 0.2) is 0 Å². The number of amides is 2. The number of carbonyl (C=O) groups excluding carboxylic acids is 2. The number of nitrogens with one attached hydrogen (secondary N) is 3. The van der Waals surface area contributed by atoms with Gasteiger partial charge in [-0.25, -0.2) is 0 Å². The van der Waals surface area contributed by atoms with Crippen LogP contribution in [0.15, 0.2) is 54.7 Å². The van der Waals surface area contributed by atoms with Crippen molar-refractivity contribution in [1.29, 1.82) is 0 Å². The number of hydrogen-bond donors (Lipinski definition) is 3. The number of fused-ring (bicyclic) bond motifs is 1. The van der Waals surface area contributed by atoms with Gasteiger partial charge in [-0.3, -0.25) is 9.59 Å². The van der Waals surface area contributed by atoms with Crippen LogP contribution in [0.1, 0.15) is 18.1 Å². The lowest BCUT2D eigenvalue weighted by atomic mass is 10.0. The van der Waals surface area contributed by atoms with E-state index in [4.69, 9.17) is 0 Å². The van der Waals surface area contributed by atoms with Gasteiger partial charge in [-0.2, -0.15) is 0 Å². The first kappa shape index (κ1) is 16.8. The lowest BCUT2D eigenvalue weighted by Crippen LogP contribution is -2.44. The highest BCUT2D eigenvalue weighted by Gasteiger charge is 2.21. The van der Waals surface area contributed by atoms with Crippen molar-refractivity contribution in [2.45, 2.75) is 26.3 Å². The summed E-state index contributed by atoms with van der Waals surface area (Å²) in [4.78, 5) is 27.4. The first-order chi connectivity index (χ1) is 12.0. The van der Waals surface area contributed by atoms with E-state index >= 15 is 0 Å². The summed E-state index contributed by atoms with van der Waals surface area (Å²) >= 11 is 0. The standard InChI is InChI=1S/C20H21N3O2/c1-13-6-5-7-16(10-13)23-20(25)19(22-14(2)24)11-15-12-21-18-9-4-3-8-17(15)18/h3-10,12,19,21H,11H2,1-2H3,(H,22,24)(H,23,25). The molecule has 0 aliphatic rings. The number of hydrogen-bond acceptors (Lipinski definition) is 2. The van der Waals surface area contributed by atoms with Crippen molar-refractivity contribution in [3.63, 3.8) is 0 Å². The van der Waals surface area contributed by atoms with Crippen molar-refractivity contribution in [1.82, 2.24) is 10.3 Å². The highest BCUT2D eigenvalue weighted by molar-refractivity contribution is 5.97. The normalized spacial score (nSPS) is 11.9. The molecule has 2 aromatic carbocycles. The monoisotopic (exact) mass is 335 g/mol. The summed E-state index contributed by atoms with van der Waals surface area (Å²) in [6.07, 6.45) is 2.31. The van der Waals surface area contributed by atoms with Crippen LogP contribution in [-0.4, -0.2) is 22.8 Å². The Morgan fingerprint density at radius 2 is 1.92 bits per heavy atom. The molecule has 1 atom stereocenters. The molecule has 1 aromatic heterocycles. The maximum absolute atomic E-state index is 12.7. The highest BCUT2D eigenvalue weighted by atomic mass is 16.2. The van der Waals surface area contributed by atoms with E-state index in [2.05, 4.69) is 15.6 Å². The zero-order valence-corrected chi connectivity index (χ0v) is 14.3. The summed E-state index contributed by atoms with van der Waals surface area (Å²) in [5, 5.41) is 6.69. The Morgan fingerprint density at radius 3 is 2.68 bits per heavy atom. The Kier molecular flexibility index (Phi) is 4.84. The number of rotatable bonds is 5. The van der Waals surface area contributed by atoms with Crippen molar-refractivity contribution in [3.8, 4) is 0 Å². The minimum Gasteiger partial charge on any atom is -0.361 e. The van der Waals surface area contributed by atoms with Crippen LogP contribution in [0, 0.1) is 6.92 Å². The molecule has 128 valence electrons. The summed E-state index contributed by atoms with van der Waals surface area (Å²) < 4.78 is 0. The van der Waals surface area contributed by atoms with Crippen LogP contribution >= 0.6 is 0 Å². The molecule has 0 saturated carbocycles. The largest absolute Gasteiger partial charge is 0.361 e. The summed E-state index contributed by atoms with van der Waals surface area (Å²) in [5.74, 6) is -0.463. The number of para-hydroxylation sites is 1. The molecule has 3 aromatic rings. The molecule has 1 heterocycles. The van der Waals surface area contributed by atoms with E-state index in [-0.39, 0.29) is 11.8 Å². The molecule has 25 heavy (non-hydrogen) atoms. The first-order valence-corrected chi connectivity index (χ1v) is 8.22. The van der Waals surface area contributed by atoms with E-state index in [0.717, 1.165) is 27.7 Å². The van der Waals surface area contributed by atoms with Crippen LogP contribution in [0.3, 0.4) is 0 Å². The number of benzene rings is 2. The quantitative estimate of drug-likeness (QED) is 0.670. The second kappa shape index (κ2) is 7.21. The summed E-state index contributed by atoms with van der Waals surface area (Å²) in [6.45, 7) is 3.38. The van der Waals surface area contributed by atoms with Crippen LogP contribution in [-0.2, 0) is 16.0 Å². The smallest absolute Gasteiger partial charge is 0.247 e. The van der Waals surface area contributed by atoms with Gasteiger partial charge in [0, 0.05) is 36.1 Å². The molecule has 2 amide bonds. The van der Waals surface area contributed by atoms with E-state index in [1.807, 2.05) is 61.7 Å². The van der Waals surface area contributed by atoms with Gasteiger partial charge in [-0.1, -0.05) is 30.3 Å². The lowest BCUT2D eigenvalue weighted by Gasteiger charge is -2.17. The Balaban J connectivity index is 1.81. The Hall–Kier alpha value is -3.08. The molecule has 1 unspecified atom stereocenters. The number of aryl methyl sites for hydroxylation is 1. The second-order valence-corrected chi connectivity index (χ2v) is 6.18. The Morgan fingerprint density at radius 1 is 1.12 bits per heavy atom. The molecular formula is C20H21N3O2. The van der Waals surface area contributed by atoms with Crippen LogP contribution in [0.4, 0.5) is 5.69 Å². The predicted molar refractivity (Wildman–Crippen MR) is 99.4 cm³/mol. The van der Waals surface area contributed by atoms with Crippen molar-refractivity contribution in [2.75, 3.05) is 5.32 Å². The van der Waals surface area contributed by atoms with Crippen LogP contribution in [0.25, 0.3) is 10.9 Å². The number of aromatic amines is 1. The van der Waals surface area contributed by atoms with Crippen LogP contribution in [0.5, 0.6) is 0 Å². The van der Waals surface area contributed by atoms with Crippen molar-refractivity contribution < 1.29 is 9.59 Å². The molecule has 0 fully saturated rings. The fourth-order valence-corrected chi connectivity index (χ4v) is 2.93. The molecule has 0 radical (unpaired) electrons. The summed E-state index contributed by atoms with van der Waals surface area (Å²) in [7, 11) is 0. The van der Waals surface area contributed by atoms with Gasteiger partial charge in [-0.05, 0) is 36.2 Å². The van der Waals surface area contributed by atoms with E-state index in [9.17, 15) is 9.59 Å². The molecular weight excluding hydrogens is 314 g/mol. The molecule has 0 spiro atoms. The fourth-order valence-electron chi connectivity index (χ4n) is 2.93. The number of carbonyl (C=O) groups is 2. The zero-order chi connectivity index (χ0) is 17.8. The second-order valence-electron chi connectivity index (χ2n) is 6.18. The van der Waals surface area contributed by atoms with Gasteiger partial charge in [-0.15, -0.1) is 0 Å². The van der Waals surface area contributed by atoms with Gasteiger partial charge in [0.05, 0.1) is 0 Å². The third-order valence-electron chi connectivity index (χ3n) is 4.08. The van der Waals surface area contributed by atoms with Gasteiger partial charge < -0.3 is 15.6 Å². The molecule has 5 nitrogen and oxygen atoms in total. The van der Waals surface area contributed by atoms with Crippen molar-refractivity contribution >= 4 is 28.4 Å². The number of H-pyrrole nitrogens is 1. The minimum absolute atomic E-state index is 0.230. The zero-order valence-electron chi connectivity index (χ0n) is 14.3. The minimum atomic E-state index is -0.641. The van der Waals surface area contributed by atoms with E-state index in [1.54, 1.807) is 0 Å². The van der Waals surface area contributed by atoms with E-state index in [0.29, 0.717) is 6.42 Å². The summed E-state index contributed by atoms with van der Waals surface area (Å²) in [6, 6.07) is 14.8. The number of anilines is 1. The van der Waals surface area contributed by atoms with Gasteiger partial charge in [0.1, 0.15) is 6.04 Å². The maximum Gasteiger partial charge on any atom is 0.247 e. The SMILES string of the molecule is CC(=O)NC(Cc1c[nH]c2ccccc12)C(=O)Nc1cccc(C)c1. The number of aromatic nitrogens is 1. The van der Waals surface area contributed by atoms with Crippen molar-refractivity contribution in [2.24, 2.45) is 0 Å². The topological polar surface area (TPSA) is 74.0 Å². The molecule has 0 saturated heterocycles. The van der Waals surface area contributed by atoms with Crippen LogP contribution < -0.4 is 10.6 Å². The Labute approximate surface area is 146 Å². The lowest BCUT2D eigenvalue weighted by molar-refractivity contribution is -0.125. The summed E-state index contributed by atoms with van der Waals surface area (Å²) in [5.41, 5.74) is 3.79. The van der Waals surface area contributed by atoms with E-state index in [1.165, 1.54) is 6.92 Å². The Bertz CT molecular complexity index is 914. The molecule has 5 heteroatoms. The van der Waals surface area contributed by atoms with Gasteiger partial charge in [0.2, 0.25) is 11.8 Å². The molecule has 3 N–H and O–H groups in total. The van der Waals surface area contributed by atoms with E-state index < -0.39 is 6.04 Å². The van der Waals surface area contributed by atoms with Gasteiger partial charge >= 0.3 is 0 Å². The first-order valence-electron chi connectivity index (χ1n) is 8.22. The average Bonchev–Trinajstić information content (AvgIpc) is 2.97. The fraction of sp³-hybridized carbons (Fsp3) is 0.200. The van der Waals surface area contributed by atoms with Crippen LogP contribution in [0.2, 0.25) is 0 Å². The molecule has 0 aliphatic carbocycles.